The smallest absolute Gasteiger partial charge is 0.255 e. The average molecular weight is 375 g/mol. The standard InChI is InChI=1S/C20H21N7O/c1-14-15(2)22-20-23-18(16-6-5-13-28-16)24-27(20)19(14)26-11-9-25(10-12-26)17-7-3-4-8-21-17/h3-8,13H,9-12H2,1-2H3. The van der Waals surface area contributed by atoms with Crippen molar-refractivity contribution in [1.82, 2.24) is 24.6 Å². The van der Waals surface area contributed by atoms with Crippen LogP contribution >= 0.6 is 0 Å². The molecule has 0 spiro atoms. The highest BCUT2D eigenvalue weighted by Gasteiger charge is 2.24. The second-order valence-electron chi connectivity index (χ2n) is 6.93. The Morgan fingerprint density at radius 1 is 0.929 bits per heavy atom. The summed E-state index contributed by atoms with van der Waals surface area (Å²) in [6, 6.07) is 9.73. The van der Waals surface area contributed by atoms with Crippen LogP contribution in [-0.2, 0) is 0 Å². The number of pyridine rings is 1. The molecular formula is C20H21N7O. The third-order valence-corrected chi connectivity index (χ3v) is 5.23. The Morgan fingerprint density at radius 3 is 2.46 bits per heavy atom. The van der Waals surface area contributed by atoms with Gasteiger partial charge in [0.05, 0.1) is 6.26 Å². The van der Waals surface area contributed by atoms with E-state index in [-0.39, 0.29) is 0 Å². The van der Waals surface area contributed by atoms with Gasteiger partial charge in [0.1, 0.15) is 11.6 Å². The SMILES string of the molecule is Cc1nc2nc(-c3ccco3)nn2c(N2CCN(c3ccccn3)CC2)c1C. The lowest BCUT2D eigenvalue weighted by atomic mass is 10.2. The first kappa shape index (κ1) is 16.7. The number of aryl methyl sites for hydroxylation is 1. The first-order chi connectivity index (χ1) is 13.7. The van der Waals surface area contributed by atoms with Crippen LogP contribution in [0.5, 0.6) is 0 Å². The molecule has 0 bridgehead atoms. The molecule has 28 heavy (non-hydrogen) atoms. The van der Waals surface area contributed by atoms with E-state index in [9.17, 15) is 0 Å². The molecule has 4 aromatic rings. The topological polar surface area (TPSA) is 75.6 Å². The summed E-state index contributed by atoms with van der Waals surface area (Å²) < 4.78 is 7.31. The fourth-order valence-electron chi connectivity index (χ4n) is 3.64. The van der Waals surface area contributed by atoms with Crippen molar-refractivity contribution < 1.29 is 4.42 Å². The Bertz CT molecular complexity index is 1100. The molecule has 1 aliphatic heterocycles. The summed E-state index contributed by atoms with van der Waals surface area (Å²) in [6.07, 6.45) is 3.47. The summed E-state index contributed by atoms with van der Waals surface area (Å²) in [7, 11) is 0. The zero-order chi connectivity index (χ0) is 19.1. The molecule has 1 saturated heterocycles. The van der Waals surface area contributed by atoms with E-state index in [0.29, 0.717) is 17.4 Å². The van der Waals surface area contributed by atoms with Gasteiger partial charge in [0, 0.05) is 43.6 Å². The monoisotopic (exact) mass is 375 g/mol. The highest BCUT2D eigenvalue weighted by atomic mass is 16.3. The van der Waals surface area contributed by atoms with E-state index < -0.39 is 0 Å². The minimum absolute atomic E-state index is 0.552. The minimum Gasteiger partial charge on any atom is -0.461 e. The molecule has 142 valence electrons. The van der Waals surface area contributed by atoms with Crippen LogP contribution in [0.2, 0.25) is 0 Å². The van der Waals surface area contributed by atoms with Crippen molar-refractivity contribution in [3.05, 3.63) is 54.0 Å². The van der Waals surface area contributed by atoms with Crippen molar-refractivity contribution in [2.75, 3.05) is 36.0 Å². The van der Waals surface area contributed by atoms with E-state index >= 15 is 0 Å². The van der Waals surface area contributed by atoms with Gasteiger partial charge < -0.3 is 14.2 Å². The van der Waals surface area contributed by atoms with Crippen LogP contribution in [0.15, 0.2) is 47.2 Å². The van der Waals surface area contributed by atoms with Crippen molar-refractivity contribution in [3.63, 3.8) is 0 Å². The number of fused-ring (bicyclic) bond motifs is 1. The number of nitrogens with zero attached hydrogens (tertiary/aromatic N) is 7. The molecule has 1 fully saturated rings. The maximum absolute atomic E-state index is 5.46. The summed E-state index contributed by atoms with van der Waals surface area (Å²) >= 11 is 0. The van der Waals surface area contributed by atoms with Gasteiger partial charge in [-0.15, -0.1) is 5.10 Å². The van der Waals surface area contributed by atoms with Gasteiger partial charge in [0.15, 0.2) is 5.76 Å². The lowest BCUT2D eigenvalue weighted by molar-refractivity contribution is 0.577. The van der Waals surface area contributed by atoms with E-state index in [4.69, 9.17) is 9.52 Å². The molecule has 0 aromatic carbocycles. The van der Waals surface area contributed by atoms with E-state index in [0.717, 1.165) is 49.1 Å². The van der Waals surface area contributed by atoms with Gasteiger partial charge in [-0.2, -0.15) is 9.50 Å². The van der Waals surface area contributed by atoms with Gasteiger partial charge in [-0.3, -0.25) is 0 Å². The lowest BCUT2D eigenvalue weighted by Gasteiger charge is -2.37. The highest BCUT2D eigenvalue weighted by molar-refractivity contribution is 5.58. The van der Waals surface area contributed by atoms with Gasteiger partial charge in [0.2, 0.25) is 5.82 Å². The highest BCUT2D eigenvalue weighted by Crippen LogP contribution is 2.26. The predicted molar refractivity (Wildman–Crippen MR) is 107 cm³/mol. The number of furan rings is 1. The molecule has 0 N–H and O–H groups in total. The maximum atomic E-state index is 5.46. The second-order valence-corrected chi connectivity index (χ2v) is 6.93. The summed E-state index contributed by atoms with van der Waals surface area (Å²) in [5.41, 5.74) is 2.09. The number of rotatable bonds is 3. The van der Waals surface area contributed by atoms with Gasteiger partial charge >= 0.3 is 0 Å². The van der Waals surface area contributed by atoms with E-state index in [1.807, 2.05) is 41.9 Å². The van der Waals surface area contributed by atoms with E-state index in [2.05, 4.69) is 37.7 Å². The molecule has 4 aromatic heterocycles. The van der Waals surface area contributed by atoms with Crippen LogP contribution in [-0.4, -0.2) is 50.7 Å². The summed E-state index contributed by atoms with van der Waals surface area (Å²) in [4.78, 5) is 18.3. The number of piperazine rings is 1. The number of hydrogen-bond donors (Lipinski definition) is 0. The molecule has 0 unspecified atom stereocenters. The fraction of sp³-hybridized carbons (Fsp3) is 0.300. The first-order valence-corrected chi connectivity index (χ1v) is 9.39. The zero-order valence-corrected chi connectivity index (χ0v) is 15.9. The van der Waals surface area contributed by atoms with Crippen LogP contribution in [0, 0.1) is 13.8 Å². The first-order valence-electron chi connectivity index (χ1n) is 9.39. The Kier molecular flexibility index (Phi) is 3.96. The number of aromatic nitrogens is 5. The van der Waals surface area contributed by atoms with Crippen molar-refractivity contribution in [1.29, 1.82) is 0 Å². The summed E-state index contributed by atoms with van der Waals surface area (Å²) in [6.45, 7) is 7.68. The minimum atomic E-state index is 0.552. The van der Waals surface area contributed by atoms with Crippen LogP contribution in [0.3, 0.4) is 0 Å². The Balaban J connectivity index is 1.49. The van der Waals surface area contributed by atoms with Crippen LogP contribution < -0.4 is 9.80 Å². The molecule has 5 rings (SSSR count). The Morgan fingerprint density at radius 2 is 1.75 bits per heavy atom. The summed E-state index contributed by atoms with van der Waals surface area (Å²) in [5, 5.41) is 4.69. The van der Waals surface area contributed by atoms with Gasteiger partial charge in [0.25, 0.3) is 5.78 Å². The average Bonchev–Trinajstić information content (AvgIpc) is 3.40. The van der Waals surface area contributed by atoms with Gasteiger partial charge in [-0.05, 0) is 38.1 Å². The maximum Gasteiger partial charge on any atom is 0.255 e. The Hall–Kier alpha value is -3.42. The van der Waals surface area contributed by atoms with Crippen molar-refractivity contribution in [3.8, 4) is 11.6 Å². The molecule has 8 heteroatoms. The third-order valence-electron chi connectivity index (χ3n) is 5.23. The molecule has 1 aliphatic rings. The second kappa shape index (κ2) is 6.63. The largest absolute Gasteiger partial charge is 0.461 e. The van der Waals surface area contributed by atoms with Crippen LogP contribution in [0.1, 0.15) is 11.3 Å². The van der Waals surface area contributed by atoms with Crippen molar-refractivity contribution in [2.45, 2.75) is 13.8 Å². The van der Waals surface area contributed by atoms with Gasteiger partial charge in [-0.25, -0.2) is 9.97 Å². The Labute approximate surface area is 162 Å². The molecule has 8 nitrogen and oxygen atoms in total. The molecule has 0 atom stereocenters. The molecular weight excluding hydrogens is 354 g/mol. The number of hydrogen-bond acceptors (Lipinski definition) is 7. The van der Waals surface area contributed by atoms with Crippen LogP contribution in [0.4, 0.5) is 11.6 Å². The molecule has 0 radical (unpaired) electrons. The molecule has 0 saturated carbocycles. The normalized spacial score (nSPS) is 14.8. The van der Waals surface area contributed by atoms with Crippen molar-refractivity contribution in [2.24, 2.45) is 0 Å². The quantitative estimate of drug-likeness (QED) is 0.545. The summed E-state index contributed by atoms with van der Waals surface area (Å²) in [5.74, 6) is 3.86. The molecule has 0 aliphatic carbocycles. The van der Waals surface area contributed by atoms with Gasteiger partial charge in [-0.1, -0.05) is 6.07 Å². The molecule has 0 amide bonds. The van der Waals surface area contributed by atoms with E-state index in [1.54, 1.807) is 6.26 Å². The van der Waals surface area contributed by atoms with Crippen LogP contribution in [0.25, 0.3) is 17.4 Å². The zero-order valence-electron chi connectivity index (χ0n) is 15.9. The predicted octanol–water partition coefficient (Wildman–Crippen LogP) is 2.72. The van der Waals surface area contributed by atoms with Crippen molar-refractivity contribution >= 4 is 17.4 Å². The fourth-order valence-corrected chi connectivity index (χ4v) is 3.64. The molecule has 5 heterocycles. The van der Waals surface area contributed by atoms with E-state index in [1.165, 1.54) is 0 Å². The number of anilines is 2. The lowest BCUT2D eigenvalue weighted by Crippen LogP contribution is -2.47. The third kappa shape index (κ3) is 2.77.